The van der Waals surface area contributed by atoms with Gasteiger partial charge in [0.25, 0.3) is 0 Å². The first-order chi connectivity index (χ1) is 5.63. The molecule has 4 nitrogen and oxygen atoms in total. The van der Waals surface area contributed by atoms with E-state index in [2.05, 4.69) is 9.47 Å². The zero-order chi connectivity index (χ0) is 9.14. The Morgan fingerprint density at radius 1 is 1.67 bits per heavy atom. The largest absolute Gasteiger partial charge is 0.490 e. The van der Waals surface area contributed by atoms with Crippen molar-refractivity contribution in [1.82, 2.24) is 0 Å². The molecule has 1 heterocycles. The lowest BCUT2D eigenvalue weighted by Crippen LogP contribution is -2.00. The summed E-state index contributed by atoms with van der Waals surface area (Å²) in [6.45, 7) is 1.37. The highest BCUT2D eigenvalue weighted by Gasteiger charge is 2.21. The molecular formula is C8H8O4. The van der Waals surface area contributed by atoms with Gasteiger partial charge in [-0.15, -0.1) is 0 Å². The summed E-state index contributed by atoms with van der Waals surface area (Å²) in [5.41, 5.74) is 0. The van der Waals surface area contributed by atoms with E-state index >= 15 is 0 Å². The minimum Gasteiger partial charge on any atom is -0.490 e. The van der Waals surface area contributed by atoms with Gasteiger partial charge >= 0.3 is 5.97 Å². The smallest absolute Gasteiger partial charge is 0.379 e. The molecule has 0 saturated carbocycles. The molecule has 0 N–H and O–H groups in total. The topological polar surface area (TPSA) is 52.6 Å². The Morgan fingerprint density at radius 2 is 2.33 bits per heavy atom. The fourth-order valence-corrected chi connectivity index (χ4v) is 0.789. The van der Waals surface area contributed by atoms with Crippen molar-refractivity contribution < 1.29 is 19.1 Å². The summed E-state index contributed by atoms with van der Waals surface area (Å²) in [5.74, 6) is -0.400. The van der Waals surface area contributed by atoms with E-state index in [0.717, 1.165) is 0 Å². The second-order valence-corrected chi connectivity index (χ2v) is 2.26. The van der Waals surface area contributed by atoms with Crippen LogP contribution in [0.25, 0.3) is 0 Å². The van der Waals surface area contributed by atoms with Crippen molar-refractivity contribution >= 4 is 11.8 Å². The van der Waals surface area contributed by atoms with Gasteiger partial charge in [0, 0.05) is 12.2 Å². The average molecular weight is 168 g/mol. The molecule has 0 aromatic carbocycles. The molecule has 0 bridgehead atoms. The highest BCUT2D eigenvalue weighted by atomic mass is 16.6. The molecule has 0 unspecified atom stereocenters. The van der Waals surface area contributed by atoms with Gasteiger partial charge < -0.3 is 9.47 Å². The van der Waals surface area contributed by atoms with Gasteiger partial charge in [-0.25, -0.2) is 4.79 Å². The number of allylic oxidation sites excluding steroid dienone is 2. The maximum Gasteiger partial charge on any atom is 0.379 e. The molecule has 64 valence electrons. The molecule has 0 radical (unpaired) electrons. The van der Waals surface area contributed by atoms with Gasteiger partial charge in [0.1, 0.15) is 5.76 Å². The Morgan fingerprint density at radius 3 is 2.75 bits per heavy atom. The minimum absolute atomic E-state index is 0.113. The number of esters is 1. The number of ketones is 1. The Hall–Kier alpha value is -1.58. The molecule has 0 aromatic rings. The lowest BCUT2D eigenvalue weighted by molar-refractivity contribution is -0.136. The van der Waals surface area contributed by atoms with Crippen molar-refractivity contribution in [1.29, 1.82) is 0 Å². The minimum atomic E-state index is -0.565. The number of hydrogen-bond acceptors (Lipinski definition) is 4. The van der Waals surface area contributed by atoms with Crippen LogP contribution in [0.3, 0.4) is 0 Å². The van der Waals surface area contributed by atoms with E-state index in [1.54, 1.807) is 0 Å². The average Bonchev–Trinajstić information content (AvgIpc) is 2.29. The molecule has 0 atom stereocenters. The van der Waals surface area contributed by atoms with E-state index < -0.39 is 5.97 Å². The lowest BCUT2D eigenvalue weighted by Gasteiger charge is -1.93. The van der Waals surface area contributed by atoms with Crippen molar-refractivity contribution in [3.05, 3.63) is 23.7 Å². The number of hydrogen-bond donors (Lipinski definition) is 0. The second-order valence-electron chi connectivity index (χ2n) is 2.26. The zero-order valence-corrected chi connectivity index (χ0v) is 6.79. The van der Waals surface area contributed by atoms with E-state index in [1.165, 1.54) is 26.2 Å². The molecule has 1 aliphatic heterocycles. The molecule has 0 saturated heterocycles. The quantitative estimate of drug-likeness (QED) is 0.446. The van der Waals surface area contributed by atoms with Gasteiger partial charge in [-0.3, -0.25) is 4.79 Å². The number of methoxy groups -OCH3 is 1. The van der Waals surface area contributed by atoms with Crippen LogP contribution in [0.1, 0.15) is 6.92 Å². The summed E-state index contributed by atoms with van der Waals surface area (Å²) in [5, 5.41) is 0. The van der Waals surface area contributed by atoms with Gasteiger partial charge in [-0.1, -0.05) is 0 Å². The van der Waals surface area contributed by atoms with E-state index in [0.29, 0.717) is 0 Å². The second kappa shape index (κ2) is 3.21. The van der Waals surface area contributed by atoms with Crippen LogP contribution < -0.4 is 0 Å². The molecule has 0 fully saturated rings. The van der Waals surface area contributed by atoms with Crippen LogP contribution in [0.2, 0.25) is 0 Å². The highest BCUT2D eigenvalue weighted by molar-refractivity contribution is 5.94. The summed E-state index contributed by atoms with van der Waals surface area (Å²) < 4.78 is 9.33. The standard InChI is InChI=1S/C8H8O4/c1-5(9)3-6-4-7(11-2)8(10)12-6/h3-4H,1-2H3/b6-3+. The van der Waals surface area contributed by atoms with E-state index in [1.807, 2.05) is 0 Å². The molecule has 12 heavy (non-hydrogen) atoms. The Kier molecular flexibility index (Phi) is 2.28. The van der Waals surface area contributed by atoms with E-state index in [4.69, 9.17) is 0 Å². The Bertz CT molecular complexity index is 285. The Labute approximate surface area is 69.5 Å². The van der Waals surface area contributed by atoms with Gasteiger partial charge in [0.15, 0.2) is 5.78 Å². The fraction of sp³-hybridized carbons (Fsp3) is 0.250. The third-order valence-corrected chi connectivity index (χ3v) is 1.25. The summed E-state index contributed by atoms with van der Waals surface area (Å²) in [7, 11) is 1.36. The molecule has 1 aliphatic rings. The first-order valence-electron chi connectivity index (χ1n) is 3.33. The Balaban J connectivity index is 2.83. The normalized spacial score (nSPS) is 19.0. The maximum atomic E-state index is 10.8. The van der Waals surface area contributed by atoms with Crippen LogP contribution >= 0.6 is 0 Å². The molecule has 0 spiro atoms. The molecule has 0 aromatic heterocycles. The van der Waals surface area contributed by atoms with Crippen LogP contribution in [0.15, 0.2) is 23.7 Å². The maximum absolute atomic E-state index is 10.8. The molecule has 1 rings (SSSR count). The third kappa shape index (κ3) is 1.72. The third-order valence-electron chi connectivity index (χ3n) is 1.25. The zero-order valence-electron chi connectivity index (χ0n) is 6.79. The van der Waals surface area contributed by atoms with Crippen LogP contribution in [0, 0.1) is 0 Å². The summed E-state index contributed by atoms with van der Waals surface area (Å²) in [6.07, 6.45) is 2.60. The molecule has 4 heteroatoms. The summed E-state index contributed by atoms with van der Waals surface area (Å²) in [6, 6.07) is 0. The van der Waals surface area contributed by atoms with E-state index in [-0.39, 0.29) is 17.3 Å². The van der Waals surface area contributed by atoms with Crippen molar-refractivity contribution in [2.75, 3.05) is 7.11 Å². The first kappa shape index (κ1) is 8.52. The van der Waals surface area contributed by atoms with Crippen LogP contribution in [0.4, 0.5) is 0 Å². The van der Waals surface area contributed by atoms with Crippen LogP contribution in [-0.2, 0) is 19.1 Å². The van der Waals surface area contributed by atoms with Gasteiger partial charge in [0.2, 0.25) is 5.76 Å². The SMILES string of the molecule is COC1=C/C(=C\C(C)=O)OC1=O. The summed E-state index contributed by atoms with van der Waals surface area (Å²) >= 11 is 0. The lowest BCUT2D eigenvalue weighted by atomic mass is 10.3. The predicted octanol–water partition coefficient (Wildman–Crippen LogP) is 0.546. The highest BCUT2D eigenvalue weighted by Crippen LogP contribution is 2.16. The van der Waals surface area contributed by atoms with Crippen molar-refractivity contribution in [2.24, 2.45) is 0 Å². The molecule has 0 amide bonds. The van der Waals surface area contributed by atoms with Crippen molar-refractivity contribution in [3.63, 3.8) is 0 Å². The van der Waals surface area contributed by atoms with Gasteiger partial charge in [-0.2, -0.15) is 0 Å². The first-order valence-corrected chi connectivity index (χ1v) is 3.33. The fourth-order valence-electron chi connectivity index (χ4n) is 0.789. The number of carbonyl (C=O) groups excluding carboxylic acids is 2. The molecule has 0 aliphatic carbocycles. The number of carbonyl (C=O) groups is 2. The van der Waals surface area contributed by atoms with Crippen LogP contribution in [-0.4, -0.2) is 18.9 Å². The van der Waals surface area contributed by atoms with Crippen molar-refractivity contribution in [3.8, 4) is 0 Å². The molecular weight excluding hydrogens is 160 g/mol. The van der Waals surface area contributed by atoms with Crippen LogP contribution in [0.5, 0.6) is 0 Å². The van der Waals surface area contributed by atoms with E-state index in [9.17, 15) is 9.59 Å². The van der Waals surface area contributed by atoms with Crippen molar-refractivity contribution in [2.45, 2.75) is 6.92 Å². The van der Waals surface area contributed by atoms with Gasteiger partial charge in [0.05, 0.1) is 7.11 Å². The summed E-state index contributed by atoms with van der Waals surface area (Å²) in [4.78, 5) is 21.4. The monoisotopic (exact) mass is 168 g/mol. The number of ether oxygens (including phenoxy) is 2. The van der Waals surface area contributed by atoms with Gasteiger partial charge in [-0.05, 0) is 6.92 Å². The predicted molar refractivity (Wildman–Crippen MR) is 39.9 cm³/mol. The number of cyclic esters (lactones) is 1. The number of rotatable bonds is 2.